The molecular weight excluding hydrogens is 394 g/mol. The lowest BCUT2D eigenvalue weighted by Crippen LogP contribution is -2.48. The number of carbonyl (C=O) groups excluding carboxylic acids is 2. The summed E-state index contributed by atoms with van der Waals surface area (Å²) in [5.41, 5.74) is 1.93. The maximum absolute atomic E-state index is 12.6. The van der Waals surface area contributed by atoms with Gasteiger partial charge in [-0.05, 0) is 36.4 Å². The van der Waals surface area contributed by atoms with E-state index in [0.29, 0.717) is 40.9 Å². The Kier molecular flexibility index (Phi) is 6.49. The average molecular weight is 418 g/mol. The number of anilines is 2. The molecule has 0 aromatic heterocycles. The van der Waals surface area contributed by atoms with Gasteiger partial charge in [-0.15, -0.1) is 0 Å². The van der Waals surface area contributed by atoms with Crippen LogP contribution in [0.15, 0.2) is 36.4 Å². The lowest BCUT2D eigenvalue weighted by molar-refractivity contribution is -0.129. The van der Waals surface area contributed by atoms with Gasteiger partial charge < -0.3 is 24.6 Å². The summed E-state index contributed by atoms with van der Waals surface area (Å²) in [6.45, 7) is 4.36. The van der Waals surface area contributed by atoms with Crippen LogP contribution in [-0.4, -0.2) is 57.1 Å². The highest BCUT2D eigenvalue weighted by Crippen LogP contribution is 2.31. The highest BCUT2D eigenvalue weighted by molar-refractivity contribution is 6.33. The molecule has 2 aromatic carbocycles. The van der Waals surface area contributed by atoms with E-state index in [1.54, 1.807) is 38.3 Å². The number of benzene rings is 2. The van der Waals surface area contributed by atoms with Crippen molar-refractivity contribution in [3.05, 3.63) is 47.0 Å². The molecule has 8 heteroatoms. The summed E-state index contributed by atoms with van der Waals surface area (Å²) in [6.07, 6.45) is 0. The fraction of sp³-hybridized carbons (Fsp3) is 0.333. The molecule has 29 heavy (non-hydrogen) atoms. The summed E-state index contributed by atoms with van der Waals surface area (Å²) in [4.78, 5) is 28.0. The number of nitrogens with one attached hydrogen (secondary N) is 1. The Morgan fingerprint density at radius 3 is 2.24 bits per heavy atom. The smallest absolute Gasteiger partial charge is 0.255 e. The molecular formula is C21H24ClN3O4. The van der Waals surface area contributed by atoms with E-state index in [1.807, 2.05) is 17.0 Å². The van der Waals surface area contributed by atoms with Gasteiger partial charge in [0.05, 0.1) is 24.9 Å². The molecule has 154 valence electrons. The summed E-state index contributed by atoms with van der Waals surface area (Å²) in [7, 11) is 3.06. The van der Waals surface area contributed by atoms with Gasteiger partial charge in [0.2, 0.25) is 5.91 Å². The Morgan fingerprint density at radius 1 is 0.966 bits per heavy atom. The van der Waals surface area contributed by atoms with E-state index < -0.39 is 0 Å². The first kappa shape index (κ1) is 20.8. The van der Waals surface area contributed by atoms with E-state index in [1.165, 1.54) is 7.11 Å². The maximum atomic E-state index is 12.6. The molecule has 1 saturated heterocycles. The third kappa shape index (κ3) is 4.74. The fourth-order valence-corrected chi connectivity index (χ4v) is 3.58. The topological polar surface area (TPSA) is 71.1 Å². The zero-order chi connectivity index (χ0) is 21.0. The molecule has 0 bridgehead atoms. The van der Waals surface area contributed by atoms with Gasteiger partial charge in [-0.3, -0.25) is 9.59 Å². The molecule has 2 amide bonds. The molecule has 0 atom stereocenters. The van der Waals surface area contributed by atoms with Crippen molar-refractivity contribution < 1.29 is 19.1 Å². The second-order valence-corrected chi connectivity index (χ2v) is 7.09. The molecule has 0 radical (unpaired) electrons. The van der Waals surface area contributed by atoms with E-state index in [-0.39, 0.29) is 11.8 Å². The van der Waals surface area contributed by atoms with Crippen LogP contribution in [0.5, 0.6) is 11.5 Å². The van der Waals surface area contributed by atoms with Gasteiger partial charge in [-0.25, -0.2) is 0 Å². The molecule has 3 rings (SSSR count). The van der Waals surface area contributed by atoms with E-state index in [4.69, 9.17) is 21.1 Å². The van der Waals surface area contributed by atoms with Crippen LogP contribution in [-0.2, 0) is 4.79 Å². The molecule has 1 aliphatic rings. The van der Waals surface area contributed by atoms with Crippen LogP contribution in [0.3, 0.4) is 0 Å². The van der Waals surface area contributed by atoms with E-state index in [0.717, 1.165) is 18.8 Å². The second kappa shape index (κ2) is 9.05. The Hall–Kier alpha value is -2.93. The lowest BCUT2D eigenvalue weighted by Gasteiger charge is -2.36. The normalized spacial score (nSPS) is 13.8. The number of carbonyl (C=O) groups is 2. The van der Waals surface area contributed by atoms with Gasteiger partial charge in [0, 0.05) is 44.4 Å². The lowest BCUT2D eigenvalue weighted by atomic mass is 10.1. The Balaban J connectivity index is 1.69. The number of amides is 2. The van der Waals surface area contributed by atoms with Gasteiger partial charge in [-0.2, -0.15) is 0 Å². The number of ether oxygens (including phenoxy) is 2. The second-order valence-electron chi connectivity index (χ2n) is 6.68. The van der Waals surface area contributed by atoms with Crippen molar-refractivity contribution in [1.82, 2.24) is 4.90 Å². The first-order valence-electron chi connectivity index (χ1n) is 9.26. The SMILES string of the molecule is COc1ccc(C(=O)Nc2ccc(N3CCN(C(C)=O)CC3)c(Cl)c2)cc1OC. The average Bonchev–Trinajstić information content (AvgIpc) is 2.73. The minimum atomic E-state index is -0.273. The van der Waals surface area contributed by atoms with Gasteiger partial charge in [-0.1, -0.05) is 11.6 Å². The molecule has 0 unspecified atom stereocenters. The minimum Gasteiger partial charge on any atom is -0.493 e. The van der Waals surface area contributed by atoms with Crippen molar-refractivity contribution in [2.45, 2.75) is 6.92 Å². The number of methoxy groups -OCH3 is 2. The summed E-state index contributed by atoms with van der Waals surface area (Å²) in [5.74, 6) is 0.855. The van der Waals surface area contributed by atoms with Crippen LogP contribution >= 0.6 is 11.6 Å². The standard InChI is InChI=1S/C21H24ClN3O4/c1-14(26)24-8-10-25(11-9-24)18-6-5-16(13-17(18)22)23-21(27)15-4-7-19(28-2)20(12-15)29-3/h4-7,12-13H,8-11H2,1-3H3,(H,23,27). The quantitative estimate of drug-likeness (QED) is 0.808. The third-order valence-corrected chi connectivity index (χ3v) is 5.22. The third-order valence-electron chi connectivity index (χ3n) is 4.92. The van der Waals surface area contributed by atoms with Crippen molar-refractivity contribution in [1.29, 1.82) is 0 Å². The van der Waals surface area contributed by atoms with Crippen molar-refractivity contribution >= 4 is 34.8 Å². The molecule has 0 saturated carbocycles. The predicted molar refractivity (Wildman–Crippen MR) is 113 cm³/mol. The summed E-state index contributed by atoms with van der Waals surface area (Å²) in [5, 5.41) is 3.40. The maximum Gasteiger partial charge on any atom is 0.255 e. The zero-order valence-corrected chi connectivity index (χ0v) is 17.5. The highest BCUT2D eigenvalue weighted by atomic mass is 35.5. The summed E-state index contributed by atoms with van der Waals surface area (Å²) in [6, 6.07) is 10.4. The first-order valence-corrected chi connectivity index (χ1v) is 9.64. The molecule has 1 heterocycles. The van der Waals surface area contributed by atoms with Crippen LogP contribution in [0, 0.1) is 0 Å². The molecule has 0 aliphatic carbocycles. The molecule has 1 aliphatic heterocycles. The van der Waals surface area contributed by atoms with Gasteiger partial charge in [0.15, 0.2) is 11.5 Å². The van der Waals surface area contributed by atoms with Crippen molar-refractivity contribution in [2.24, 2.45) is 0 Å². The predicted octanol–water partition coefficient (Wildman–Crippen LogP) is 3.28. The van der Waals surface area contributed by atoms with Crippen molar-refractivity contribution in [2.75, 3.05) is 50.6 Å². The fourth-order valence-electron chi connectivity index (χ4n) is 3.28. The number of hydrogen-bond acceptors (Lipinski definition) is 5. The zero-order valence-electron chi connectivity index (χ0n) is 16.7. The molecule has 1 N–H and O–H groups in total. The highest BCUT2D eigenvalue weighted by Gasteiger charge is 2.20. The molecule has 2 aromatic rings. The summed E-state index contributed by atoms with van der Waals surface area (Å²) >= 11 is 6.47. The number of nitrogens with zero attached hydrogens (tertiary/aromatic N) is 2. The monoisotopic (exact) mass is 417 g/mol. The van der Waals surface area contributed by atoms with Crippen LogP contribution in [0.25, 0.3) is 0 Å². The molecule has 7 nitrogen and oxygen atoms in total. The van der Waals surface area contributed by atoms with Gasteiger partial charge >= 0.3 is 0 Å². The van der Waals surface area contributed by atoms with Crippen LogP contribution in [0.4, 0.5) is 11.4 Å². The van der Waals surface area contributed by atoms with E-state index in [2.05, 4.69) is 10.2 Å². The van der Waals surface area contributed by atoms with Crippen molar-refractivity contribution in [3.8, 4) is 11.5 Å². The van der Waals surface area contributed by atoms with E-state index in [9.17, 15) is 9.59 Å². The Bertz CT molecular complexity index is 911. The number of rotatable bonds is 5. The largest absolute Gasteiger partial charge is 0.493 e. The Labute approximate surface area is 175 Å². The Morgan fingerprint density at radius 2 is 1.66 bits per heavy atom. The van der Waals surface area contributed by atoms with E-state index >= 15 is 0 Å². The molecule has 1 fully saturated rings. The minimum absolute atomic E-state index is 0.0870. The summed E-state index contributed by atoms with van der Waals surface area (Å²) < 4.78 is 10.4. The number of piperazine rings is 1. The van der Waals surface area contributed by atoms with Crippen LogP contribution < -0.4 is 19.7 Å². The van der Waals surface area contributed by atoms with Crippen molar-refractivity contribution in [3.63, 3.8) is 0 Å². The van der Waals surface area contributed by atoms with Gasteiger partial charge in [0.1, 0.15) is 0 Å². The van der Waals surface area contributed by atoms with Crippen LogP contribution in [0.1, 0.15) is 17.3 Å². The number of halogens is 1. The van der Waals surface area contributed by atoms with Crippen LogP contribution in [0.2, 0.25) is 5.02 Å². The number of hydrogen-bond donors (Lipinski definition) is 1. The van der Waals surface area contributed by atoms with Gasteiger partial charge in [0.25, 0.3) is 5.91 Å². The first-order chi connectivity index (χ1) is 13.9. The molecule has 0 spiro atoms.